The maximum atomic E-state index is 13.0. The number of hydrogen-bond donors (Lipinski definition) is 0. The van der Waals surface area contributed by atoms with Gasteiger partial charge in [-0.3, -0.25) is 0 Å². The Labute approximate surface area is 136 Å². The Hall–Kier alpha value is -1.26. The fraction of sp³-hybridized carbons (Fsp3) is 0.333. The van der Waals surface area contributed by atoms with Gasteiger partial charge in [0.2, 0.25) is 0 Å². The molecule has 0 aromatic heterocycles. The first-order valence-electron chi connectivity index (χ1n) is 7.33. The normalized spacial score (nSPS) is 26.6. The molecule has 2 atom stereocenters. The Bertz CT molecular complexity index is 767. The van der Waals surface area contributed by atoms with Crippen molar-refractivity contribution in [3.8, 4) is 0 Å². The maximum absolute atomic E-state index is 13.0. The lowest BCUT2D eigenvalue weighted by atomic mass is 10.1. The Morgan fingerprint density at radius 1 is 0.864 bits per heavy atom. The van der Waals surface area contributed by atoms with Gasteiger partial charge < -0.3 is 0 Å². The first-order chi connectivity index (χ1) is 10.3. The van der Waals surface area contributed by atoms with Gasteiger partial charge in [0.15, 0.2) is 9.84 Å². The molecule has 0 spiro atoms. The third kappa shape index (κ3) is 2.29. The van der Waals surface area contributed by atoms with Crippen LogP contribution in [0.3, 0.4) is 0 Å². The molecule has 1 aliphatic carbocycles. The molecule has 1 saturated carbocycles. The summed E-state index contributed by atoms with van der Waals surface area (Å²) >= 11 is 1.67. The fourth-order valence-electron chi connectivity index (χ4n) is 3.24. The van der Waals surface area contributed by atoms with Gasteiger partial charge >= 0.3 is 0 Å². The van der Waals surface area contributed by atoms with E-state index >= 15 is 0 Å². The molecule has 0 amide bonds. The minimum atomic E-state index is -3.32. The van der Waals surface area contributed by atoms with Crippen molar-refractivity contribution >= 4 is 21.6 Å². The van der Waals surface area contributed by atoms with Crippen LogP contribution < -0.4 is 0 Å². The van der Waals surface area contributed by atoms with Gasteiger partial charge in [-0.1, -0.05) is 50.2 Å². The van der Waals surface area contributed by atoms with E-state index in [-0.39, 0.29) is 15.4 Å². The minimum Gasteiger partial charge on any atom is -0.223 e. The first kappa shape index (κ1) is 15.6. The second kappa shape index (κ2) is 5.14. The van der Waals surface area contributed by atoms with Gasteiger partial charge in [-0.15, -0.1) is 11.8 Å². The quantitative estimate of drug-likeness (QED) is 0.831. The highest BCUT2D eigenvalue weighted by Crippen LogP contribution is 2.69. The van der Waals surface area contributed by atoms with Crippen LogP contribution in [0.15, 0.2) is 70.5 Å². The molecule has 2 aromatic carbocycles. The molecule has 22 heavy (non-hydrogen) atoms. The average molecular weight is 332 g/mol. The van der Waals surface area contributed by atoms with Gasteiger partial charge in [0.25, 0.3) is 0 Å². The zero-order valence-electron chi connectivity index (χ0n) is 13.0. The molecule has 3 rings (SSSR count). The van der Waals surface area contributed by atoms with Crippen LogP contribution >= 0.6 is 11.8 Å². The minimum absolute atomic E-state index is 0.262. The van der Waals surface area contributed by atoms with Gasteiger partial charge in [-0.2, -0.15) is 0 Å². The monoisotopic (exact) mass is 332 g/mol. The van der Waals surface area contributed by atoms with Crippen molar-refractivity contribution in [2.24, 2.45) is 5.41 Å². The van der Waals surface area contributed by atoms with Crippen LogP contribution in [0.5, 0.6) is 0 Å². The summed E-state index contributed by atoms with van der Waals surface area (Å²) in [6.45, 7) is 6.16. The first-order valence-corrected chi connectivity index (χ1v) is 9.69. The molecule has 0 aliphatic heterocycles. The molecule has 1 aliphatic rings. The number of thioether (sulfide) groups is 1. The summed E-state index contributed by atoms with van der Waals surface area (Å²) in [6.07, 6.45) is 0. The Morgan fingerprint density at radius 2 is 1.36 bits per heavy atom. The lowest BCUT2D eigenvalue weighted by molar-refractivity contribution is 0.574. The number of sulfone groups is 1. The summed E-state index contributed by atoms with van der Waals surface area (Å²) in [6, 6.07) is 18.8. The highest BCUT2D eigenvalue weighted by Gasteiger charge is 2.74. The van der Waals surface area contributed by atoms with Crippen molar-refractivity contribution in [3.05, 3.63) is 60.7 Å². The van der Waals surface area contributed by atoms with E-state index in [1.807, 2.05) is 50.2 Å². The van der Waals surface area contributed by atoms with E-state index in [4.69, 9.17) is 0 Å². The molecule has 0 radical (unpaired) electrons. The van der Waals surface area contributed by atoms with Crippen LogP contribution in [0.2, 0.25) is 0 Å². The average Bonchev–Trinajstić information content (AvgIpc) is 2.93. The standard InChI is InChI=1S/C18H20O2S2/c1-17(2)16(22(19,20)15-12-8-5-9-13-15)18(17,3)21-14-10-6-4-7-11-14/h4-13,16H,1-3H3. The van der Waals surface area contributed by atoms with Crippen molar-refractivity contribution in [2.75, 3.05) is 0 Å². The summed E-state index contributed by atoms with van der Waals surface area (Å²) in [5.41, 5.74) is -0.262. The molecule has 0 N–H and O–H groups in total. The Balaban J connectivity index is 1.95. The molecule has 2 unspecified atom stereocenters. The topological polar surface area (TPSA) is 34.1 Å². The van der Waals surface area contributed by atoms with E-state index in [2.05, 4.69) is 6.92 Å². The smallest absolute Gasteiger partial charge is 0.183 e. The lowest BCUT2D eigenvalue weighted by Gasteiger charge is -2.13. The Kier molecular flexibility index (Phi) is 3.65. The van der Waals surface area contributed by atoms with E-state index in [0.717, 1.165) is 4.90 Å². The molecular weight excluding hydrogens is 312 g/mol. The highest BCUT2D eigenvalue weighted by molar-refractivity contribution is 8.03. The summed E-state index contributed by atoms with van der Waals surface area (Å²) in [7, 11) is -3.32. The molecule has 2 aromatic rings. The van der Waals surface area contributed by atoms with Gasteiger partial charge in [0, 0.05) is 9.64 Å². The summed E-state index contributed by atoms with van der Waals surface area (Å²) < 4.78 is 25.7. The second-order valence-electron chi connectivity index (χ2n) is 6.48. The molecule has 116 valence electrons. The largest absolute Gasteiger partial charge is 0.223 e. The zero-order valence-corrected chi connectivity index (χ0v) is 14.6. The maximum Gasteiger partial charge on any atom is 0.183 e. The second-order valence-corrected chi connectivity index (χ2v) is 10.0. The van der Waals surface area contributed by atoms with Crippen LogP contribution in [-0.4, -0.2) is 18.4 Å². The third-order valence-corrected chi connectivity index (χ3v) is 9.26. The van der Waals surface area contributed by atoms with Crippen molar-refractivity contribution in [1.29, 1.82) is 0 Å². The molecule has 1 fully saturated rings. The Morgan fingerprint density at radius 3 is 1.91 bits per heavy atom. The SMILES string of the molecule is CC1(C)C(S(=O)(=O)c2ccccc2)C1(C)Sc1ccccc1. The van der Waals surface area contributed by atoms with Crippen molar-refractivity contribution in [3.63, 3.8) is 0 Å². The summed E-state index contributed by atoms with van der Waals surface area (Å²) in [5, 5.41) is -0.375. The molecule has 0 bridgehead atoms. The van der Waals surface area contributed by atoms with E-state index < -0.39 is 9.84 Å². The number of hydrogen-bond acceptors (Lipinski definition) is 3. The van der Waals surface area contributed by atoms with E-state index in [0.29, 0.717) is 4.90 Å². The fourth-order valence-corrected chi connectivity index (χ4v) is 8.00. The number of benzene rings is 2. The van der Waals surface area contributed by atoms with E-state index in [1.165, 1.54) is 0 Å². The van der Waals surface area contributed by atoms with Gasteiger partial charge in [-0.25, -0.2) is 8.42 Å². The van der Waals surface area contributed by atoms with Crippen LogP contribution in [-0.2, 0) is 9.84 Å². The van der Waals surface area contributed by atoms with Crippen LogP contribution in [0.1, 0.15) is 20.8 Å². The van der Waals surface area contributed by atoms with Crippen LogP contribution in [0.4, 0.5) is 0 Å². The molecule has 2 nitrogen and oxygen atoms in total. The third-order valence-electron chi connectivity index (χ3n) is 4.81. The van der Waals surface area contributed by atoms with Crippen LogP contribution in [0.25, 0.3) is 0 Å². The molecular formula is C18H20O2S2. The lowest BCUT2D eigenvalue weighted by Crippen LogP contribution is -2.15. The molecule has 0 saturated heterocycles. The number of rotatable bonds is 4. The summed E-state index contributed by atoms with van der Waals surface area (Å²) in [4.78, 5) is 1.54. The predicted octanol–water partition coefficient (Wildman–Crippen LogP) is 4.42. The van der Waals surface area contributed by atoms with Gasteiger partial charge in [-0.05, 0) is 36.6 Å². The highest BCUT2D eigenvalue weighted by atomic mass is 32.2. The van der Waals surface area contributed by atoms with Crippen molar-refractivity contribution in [2.45, 2.75) is 40.6 Å². The molecule has 0 heterocycles. The van der Waals surface area contributed by atoms with Crippen molar-refractivity contribution < 1.29 is 8.42 Å². The molecule has 4 heteroatoms. The van der Waals surface area contributed by atoms with Gasteiger partial charge in [0.05, 0.1) is 10.1 Å². The van der Waals surface area contributed by atoms with E-state index in [9.17, 15) is 8.42 Å². The van der Waals surface area contributed by atoms with E-state index in [1.54, 1.807) is 36.0 Å². The summed E-state index contributed by atoms with van der Waals surface area (Å²) in [5.74, 6) is 0. The zero-order chi connectivity index (χ0) is 16.0. The van der Waals surface area contributed by atoms with Crippen molar-refractivity contribution in [1.82, 2.24) is 0 Å². The predicted molar refractivity (Wildman–Crippen MR) is 91.9 cm³/mol. The van der Waals surface area contributed by atoms with Crippen LogP contribution in [0, 0.1) is 5.41 Å². The van der Waals surface area contributed by atoms with Gasteiger partial charge in [0.1, 0.15) is 0 Å².